The Bertz CT molecular complexity index is 286. The lowest BCUT2D eigenvalue weighted by molar-refractivity contribution is -0.146. The minimum absolute atomic E-state index is 0.0779. The molecule has 2 rings (SSSR count). The zero-order valence-electron chi connectivity index (χ0n) is 12.4. The Morgan fingerprint density at radius 1 is 1.26 bits per heavy atom. The number of hydrogen-bond donors (Lipinski definition) is 1. The molecule has 19 heavy (non-hydrogen) atoms. The summed E-state index contributed by atoms with van der Waals surface area (Å²) in [6, 6.07) is 1.06. The van der Waals surface area contributed by atoms with Crippen LogP contribution in [-0.4, -0.2) is 48.7 Å². The number of ether oxygens (including phenoxy) is 1. The predicted octanol–water partition coefficient (Wildman–Crippen LogP) is 1.93. The lowest BCUT2D eigenvalue weighted by Crippen LogP contribution is -2.50. The van der Waals surface area contributed by atoms with Gasteiger partial charge in [0, 0.05) is 18.6 Å². The molecule has 2 aliphatic carbocycles. The Morgan fingerprint density at radius 2 is 1.95 bits per heavy atom. The average Bonchev–Trinajstić information content (AvgIpc) is 3.05. The van der Waals surface area contributed by atoms with E-state index in [1.807, 2.05) is 6.92 Å². The van der Waals surface area contributed by atoms with Gasteiger partial charge in [-0.3, -0.25) is 9.69 Å². The summed E-state index contributed by atoms with van der Waals surface area (Å²) in [5.74, 6) is -0.0779. The van der Waals surface area contributed by atoms with E-state index in [4.69, 9.17) is 4.74 Å². The normalized spacial score (nSPS) is 21.8. The van der Waals surface area contributed by atoms with E-state index in [1.165, 1.54) is 38.5 Å². The number of rotatable bonds is 8. The van der Waals surface area contributed by atoms with Gasteiger partial charge in [-0.2, -0.15) is 0 Å². The molecule has 1 N–H and O–H groups in total. The van der Waals surface area contributed by atoms with Crippen LogP contribution >= 0.6 is 0 Å². The first-order valence-electron chi connectivity index (χ1n) is 7.91. The number of carbonyl (C=O) groups excluding carboxylic acids is 1. The average molecular weight is 268 g/mol. The van der Waals surface area contributed by atoms with Crippen molar-refractivity contribution in [2.45, 2.75) is 70.5 Å². The third-order valence-electron chi connectivity index (χ3n) is 4.25. The summed E-state index contributed by atoms with van der Waals surface area (Å²) < 4.78 is 5.21. The molecule has 4 heteroatoms. The first kappa shape index (κ1) is 14.8. The minimum atomic E-state index is -0.145. The van der Waals surface area contributed by atoms with Crippen molar-refractivity contribution in [1.82, 2.24) is 10.2 Å². The van der Waals surface area contributed by atoms with Crippen LogP contribution < -0.4 is 5.32 Å². The number of carbonyl (C=O) groups is 1. The van der Waals surface area contributed by atoms with Crippen molar-refractivity contribution in [3.05, 3.63) is 0 Å². The van der Waals surface area contributed by atoms with Crippen LogP contribution in [-0.2, 0) is 9.53 Å². The molecule has 0 aromatic heterocycles. The number of hydrogen-bond acceptors (Lipinski definition) is 4. The van der Waals surface area contributed by atoms with Gasteiger partial charge in [-0.1, -0.05) is 19.8 Å². The zero-order valence-corrected chi connectivity index (χ0v) is 12.4. The maximum absolute atomic E-state index is 12.1. The predicted molar refractivity (Wildman–Crippen MR) is 76.1 cm³/mol. The molecule has 1 unspecified atom stereocenters. The summed E-state index contributed by atoms with van der Waals surface area (Å²) in [4.78, 5) is 14.5. The Hall–Kier alpha value is -0.610. The highest BCUT2D eigenvalue weighted by Crippen LogP contribution is 2.24. The second-order valence-corrected chi connectivity index (χ2v) is 5.77. The fourth-order valence-corrected chi connectivity index (χ4v) is 3.01. The molecule has 0 bridgehead atoms. The van der Waals surface area contributed by atoms with Crippen molar-refractivity contribution in [2.75, 3.05) is 19.7 Å². The van der Waals surface area contributed by atoms with E-state index in [2.05, 4.69) is 17.1 Å². The quantitative estimate of drug-likeness (QED) is 0.683. The van der Waals surface area contributed by atoms with E-state index >= 15 is 0 Å². The van der Waals surface area contributed by atoms with Crippen LogP contribution in [0.4, 0.5) is 0 Å². The van der Waals surface area contributed by atoms with Gasteiger partial charge >= 0.3 is 5.97 Å². The summed E-state index contributed by atoms with van der Waals surface area (Å²) in [6.45, 7) is 6.36. The lowest BCUT2D eigenvalue weighted by atomic mass is 10.1. The molecule has 0 amide bonds. The summed E-state index contributed by atoms with van der Waals surface area (Å²) in [5.41, 5.74) is 0. The van der Waals surface area contributed by atoms with Gasteiger partial charge in [0.25, 0.3) is 0 Å². The van der Waals surface area contributed by atoms with Crippen molar-refractivity contribution in [1.29, 1.82) is 0 Å². The Kier molecular flexibility index (Phi) is 5.64. The molecule has 1 atom stereocenters. The van der Waals surface area contributed by atoms with Crippen LogP contribution in [0.3, 0.4) is 0 Å². The third-order valence-corrected chi connectivity index (χ3v) is 4.25. The monoisotopic (exact) mass is 268 g/mol. The van der Waals surface area contributed by atoms with Crippen LogP contribution in [0.2, 0.25) is 0 Å². The minimum Gasteiger partial charge on any atom is -0.465 e. The highest BCUT2D eigenvalue weighted by Gasteiger charge is 2.32. The molecule has 2 saturated carbocycles. The number of esters is 1. The van der Waals surface area contributed by atoms with E-state index in [0.29, 0.717) is 18.7 Å². The van der Waals surface area contributed by atoms with Crippen LogP contribution in [0.5, 0.6) is 0 Å². The molecule has 0 radical (unpaired) electrons. The molecule has 110 valence electrons. The Morgan fingerprint density at radius 3 is 2.47 bits per heavy atom. The summed E-state index contributed by atoms with van der Waals surface area (Å²) in [6.07, 6.45) is 7.64. The first-order valence-corrected chi connectivity index (χ1v) is 7.91. The van der Waals surface area contributed by atoms with E-state index in [0.717, 1.165) is 13.1 Å². The largest absolute Gasteiger partial charge is 0.465 e. The third kappa shape index (κ3) is 4.46. The molecule has 0 aliphatic heterocycles. The standard InChI is InChI=1S/C15H28N2O2/c1-3-17(13-7-5-6-8-13)11-14(15(18)19-4-2)16-12-9-10-12/h12-14,16H,3-11H2,1-2H3. The van der Waals surface area contributed by atoms with Crippen molar-refractivity contribution in [3.63, 3.8) is 0 Å². The fraction of sp³-hybridized carbons (Fsp3) is 0.933. The summed E-state index contributed by atoms with van der Waals surface area (Å²) >= 11 is 0. The second-order valence-electron chi connectivity index (χ2n) is 5.77. The SMILES string of the molecule is CCOC(=O)C(CN(CC)C1CCCC1)NC1CC1. The highest BCUT2D eigenvalue weighted by atomic mass is 16.5. The number of nitrogens with zero attached hydrogens (tertiary/aromatic N) is 1. The van der Waals surface area contributed by atoms with Crippen molar-refractivity contribution < 1.29 is 9.53 Å². The zero-order chi connectivity index (χ0) is 13.7. The van der Waals surface area contributed by atoms with Crippen molar-refractivity contribution in [2.24, 2.45) is 0 Å². The van der Waals surface area contributed by atoms with Crippen LogP contribution in [0, 0.1) is 0 Å². The van der Waals surface area contributed by atoms with Crippen molar-refractivity contribution in [3.8, 4) is 0 Å². The van der Waals surface area contributed by atoms with Gasteiger partial charge in [-0.15, -0.1) is 0 Å². The number of likely N-dealkylation sites (N-methyl/N-ethyl adjacent to an activating group) is 1. The Balaban J connectivity index is 1.89. The molecule has 2 fully saturated rings. The van der Waals surface area contributed by atoms with E-state index in [9.17, 15) is 4.79 Å². The van der Waals surface area contributed by atoms with Crippen molar-refractivity contribution >= 4 is 5.97 Å². The summed E-state index contributed by atoms with van der Waals surface area (Å²) in [7, 11) is 0. The van der Waals surface area contributed by atoms with Gasteiger partial charge in [0.1, 0.15) is 6.04 Å². The smallest absolute Gasteiger partial charge is 0.324 e. The van der Waals surface area contributed by atoms with Gasteiger partial charge in [-0.25, -0.2) is 0 Å². The van der Waals surface area contributed by atoms with E-state index in [1.54, 1.807) is 0 Å². The molecule has 0 aromatic rings. The van der Waals surface area contributed by atoms with Gasteiger partial charge in [0.15, 0.2) is 0 Å². The number of nitrogens with one attached hydrogen (secondary N) is 1. The molecule has 2 aliphatic rings. The summed E-state index contributed by atoms with van der Waals surface area (Å²) in [5, 5.41) is 3.45. The lowest BCUT2D eigenvalue weighted by Gasteiger charge is -2.31. The maximum Gasteiger partial charge on any atom is 0.324 e. The highest BCUT2D eigenvalue weighted by molar-refractivity contribution is 5.76. The fourth-order valence-electron chi connectivity index (χ4n) is 3.01. The van der Waals surface area contributed by atoms with Gasteiger partial charge < -0.3 is 10.1 Å². The molecule has 0 heterocycles. The molecule has 4 nitrogen and oxygen atoms in total. The molecule has 0 spiro atoms. The second kappa shape index (κ2) is 7.25. The van der Waals surface area contributed by atoms with Gasteiger partial charge in [-0.05, 0) is 39.2 Å². The van der Waals surface area contributed by atoms with E-state index in [-0.39, 0.29) is 12.0 Å². The van der Waals surface area contributed by atoms with Gasteiger partial charge in [0.05, 0.1) is 6.61 Å². The molecular formula is C15H28N2O2. The Labute approximate surface area is 116 Å². The first-order chi connectivity index (χ1) is 9.24. The topological polar surface area (TPSA) is 41.6 Å². The molecule has 0 aromatic carbocycles. The van der Waals surface area contributed by atoms with E-state index < -0.39 is 0 Å². The van der Waals surface area contributed by atoms with Gasteiger partial charge in [0.2, 0.25) is 0 Å². The van der Waals surface area contributed by atoms with Crippen LogP contribution in [0.15, 0.2) is 0 Å². The molecule has 0 saturated heterocycles. The van der Waals surface area contributed by atoms with Crippen LogP contribution in [0.25, 0.3) is 0 Å². The molecular weight excluding hydrogens is 240 g/mol. The maximum atomic E-state index is 12.1. The van der Waals surface area contributed by atoms with Crippen LogP contribution in [0.1, 0.15) is 52.4 Å².